The van der Waals surface area contributed by atoms with Gasteiger partial charge in [-0.3, -0.25) is 9.59 Å². The van der Waals surface area contributed by atoms with Crippen molar-refractivity contribution < 1.29 is 4.79 Å². The second-order valence-electron chi connectivity index (χ2n) is 5.04. The molecule has 0 radical (unpaired) electrons. The molecule has 0 saturated heterocycles. The zero-order valence-electron chi connectivity index (χ0n) is 12.6. The SMILES string of the molecule is Cc1ccc(C)c(NC(=O)[C@@H](C)Sc2nc(N)cc(=O)[nH]2)c1. The average Bonchev–Trinajstić information content (AvgIpc) is 2.41. The highest BCUT2D eigenvalue weighted by atomic mass is 32.2. The van der Waals surface area contributed by atoms with E-state index in [2.05, 4.69) is 15.3 Å². The fraction of sp³-hybridized carbons (Fsp3) is 0.267. The molecule has 6 nitrogen and oxygen atoms in total. The van der Waals surface area contributed by atoms with Gasteiger partial charge in [-0.25, -0.2) is 4.98 Å². The van der Waals surface area contributed by atoms with Gasteiger partial charge in [0.05, 0.1) is 5.25 Å². The van der Waals surface area contributed by atoms with E-state index in [0.29, 0.717) is 5.16 Å². The molecule has 22 heavy (non-hydrogen) atoms. The lowest BCUT2D eigenvalue weighted by Gasteiger charge is -2.13. The Balaban J connectivity index is 2.09. The first kappa shape index (κ1) is 16.1. The molecule has 1 heterocycles. The molecule has 4 N–H and O–H groups in total. The predicted octanol–water partition coefficient (Wildman–Crippen LogP) is 2.09. The molecule has 0 spiro atoms. The van der Waals surface area contributed by atoms with Crippen LogP contribution < -0.4 is 16.6 Å². The molecule has 0 fully saturated rings. The molecule has 1 aromatic carbocycles. The molecule has 0 aliphatic carbocycles. The van der Waals surface area contributed by atoms with E-state index in [-0.39, 0.29) is 17.3 Å². The molecule has 116 valence electrons. The maximum Gasteiger partial charge on any atom is 0.253 e. The van der Waals surface area contributed by atoms with Crippen LogP contribution in [0.5, 0.6) is 0 Å². The summed E-state index contributed by atoms with van der Waals surface area (Å²) in [6.45, 7) is 5.65. The number of nitrogens with zero attached hydrogens (tertiary/aromatic N) is 1. The molecule has 0 aliphatic heterocycles. The van der Waals surface area contributed by atoms with Crippen LogP contribution in [0.3, 0.4) is 0 Å². The van der Waals surface area contributed by atoms with Crippen LogP contribution in [0.4, 0.5) is 11.5 Å². The summed E-state index contributed by atoms with van der Waals surface area (Å²) in [4.78, 5) is 30.2. The number of hydrogen-bond acceptors (Lipinski definition) is 5. The Morgan fingerprint density at radius 2 is 2.09 bits per heavy atom. The lowest BCUT2D eigenvalue weighted by Crippen LogP contribution is -2.23. The van der Waals surface area contributed by atoms with Crippen LogP contribution in [0.1, 0.15) is 18.1 Å². The zero-order valence-corrected chi connectivity index (χ0v) is 13.5. The summed E-state index contributed by atoms with van der Waals surface area (Å²) in [6.07, 6.45) is 0. The van der Waals surface area contributed by atoms with Gasteiger partial charge in [-0.05, 0) is 38.0 Å². The average molecular weight is 318 g/mol. The lowest BCUT2D eigenvalue weighted by molar-refractivity contribution is -0.115. The Hall–Kier alpha value is -2.28. The Kier molecular flexibility index (Phi) is 4.87. The van der Waals surface area contributed by atoms with Gasteiger partial charge >= 0.3 is 0 Å². The van der Waals surface area contributed by atoms with Crippen molar-refractivity contribution >= 4 is 29.2 Å². The topological polar surface area (TPSA) is 101 Å². The highest BCUT2D eigenvalue weighted by Gasteiger charge is 2.17. The third-order valence-corrected chi connectivity index (χ3v) is 4.03. The molecule has 0 saturated carbocycles. The third-order valence-electron chi connectivity index (χ3n) is 3.05. The number of hydrogen-bond donors (Lipinski definition) is 3. The summed E-state index contributed by atoms with van der Waals surface area (Å²) in [5, 5.41) is 2.79. The van der Waals surface area contributed by atoms with Crippen molar-refractivity contribution in [1.82, 2.24) is 9.97 Å². The van der Waals surface area contributed by atoms with Crippen molar-refractivity contribution in [2.45, 2.75) is 31.2 Å². The molecule has 2 aromatic rings. The van der Waals surface area contributed by atoms with E-state index < -0.39 is 5.25 Å². The normalized spacial score (nSPS) is 12.0. The van der Waals surface area contributed by atoms with Gasteiger partial charge in [0.2, 0.25) is 5.91 Å². The van der Waals surface area contributed by atoms with Gasteiger partial charge in [0.25, 0.3) is 5.56 Å². The summed E-state index contributed by atoms with van der Waals surface area (Å²) in [5.41, 5.74) is 8.04. The lowest BCUT2D eigenvalue weighted by atomic mass is 10.1. The minimum atomic E-state index is -0.426. The Labute approximate surface area is 132 Å². The molecule has 1 aromatic heterocycles. The number of H-pyrrole nitrogens is 1. The first-order valence-electron chi connectivity index (χ1n) is 6.77. The van der Waals surface area contributed by atoms with Crippen LogP contribution >= 0.6 is 11.8 Å². The van der Waals surface area contributed by atoms with Crippen molar-refractivity contribution in [3.8, 4) is 0 Å². The van der Waals surface area contributed by atoms with Gasteiger partial charge in [0.1, 0.15) is 5.82 Å². The van der Waals surface area contributed by atoms with Crippen LogP contribution in [0.15, 0.2) is 34.2 Å². The number of nitrogen functional groups attached to an aromatic ring is 1. The predicted molar refractivity (Wildman–Crippen MR) is 89.1 cm³/mol. The van der Waals surface area contributed by atoms with Crippen LogP contribution in [0.2, 0.25) is 0 Å². The summed E-state index contributed by atoms with van der Waals surface area (Å²) in [5.74, 6) is -0.0304. The number of aromatic amines is 1. The number of carbonyl (C=O) groups is 1. The number of aryl methyl sites for hydroxylation is 2. The number of nitrogens with one attached hydrogen (secondary N) is 2. The van der Waals surface area contributed by atoms with Gasteiger partial charge in [-0.1, -0.05) is 23.9 Å². The maximum absolute atomic E-state index is 12.3. The minimum Gasteiger partial charge on any atom is -0.383 e. The molecular formula is C15H18N4O2S. The molecule has 0 unspecified atom stereocenters. The largest absolute Gasteiger partial charge is 0.383 e. The Bertz CT molecular complexity index is 757. The zero-order chi connectivity index (χ0) is 16.3. The second-order valence-corrected chi connectivity index (χ2v) is 6.37. The van der Waals surface area contributed by atoms with Gasteiger partial charge in [-0.15, -0.1) is 0 Å². The van der Waals surface area contributed by atoms with Crippen LogP contribution in [-0.2, 0) is 4.79 Å². The van der Waals surface area contributed by atoms with Crippen molar-refractivity contribution in [3.05, 3.63) is 45.7 Å². The molecule has 0 aliphatic rings. The molecule has 0 bridgehead atoms. The second kappa shape index (κ2) is 6.65. The van der Waals surface area contributed by atoms with Gasteiger partial charge < -0.3 is 16.0 Å². The standard InChI is InChI=1S/C15H18N4O2S/c1-8-4-5-9(2)11(6-8)17-14(21)10(3)22-15-18-12(16)7-13(20)19-15/h4-7,10H,1-3H3,(H,17,21)(H3,16,18,19,20)/t10-/m1/s1. The number of rotatable bonds is 4. The fourth-order valence-electron chi connectivity index (χ4n) is 1.83. The number of amides is 1. The quantitative estimate of drug-likeness (QED) is 0.592. The van der Waals surface area contributed by atoms with Gasteiger partial charge in [0.15, 0.2) is 5.16 Å². The first-order valence-corrected chi connectivity index (χ1v) is 7.65. The monoisotopic (exact) mass is 318 g/mol. The number of benzene rings is 1. The minimum absolute atomic E-state index is 0.133. The molecular weight excluding hydrogens is 300 g/mol. The Morgan fingerprint density at radius 3 is 2.77 bits per heavy atom. The Morgan fingerprint density at radius 1 is 1.36 bits per heavy atom. The van der Waals surface area contributed by atoms with E-state index >= 15 is 0 Å². The number of anilines is 2. The van der Waals surface area contributed by atoms with Crippen molar-refractivity contribution in [1.29, 1.82) is 0 Å². The van der Waals surface area contributed by atoms with E-state index in [1.54, 1.807) is 6.92 Å². The summed E-state index contributed by atoms with van der Waals surface area (Å²) in [6, 6.07) is 7.07. The smallest absolute Gasteiger partial charge is 0.253 e. The van der Waals surface area contributed by atoms with Crippen molar-refractivity contribution in [3.63, 3.8) is 0 Å². The highest BCUT2D eigenvalue weighted by molar-refractivity contribution is 8.00. The fourth-order valence-corrected chi connectivity index (χ4v) is 2.65. The summed E-state index contributed by atoms with van der Waals surface area (Å²) < 4.78 is 0. The maximum atomic E-state index is 12.3. The van der Waals surface area contributed by atoms with E-state index in [9.17, 15) is 9.59 Å². The van der Waals surface area contributed by atoms with E-state index in [1.165, 1.54) is 6.07 Å². The van der Waals surface area contributed by atoms with Crippen LogP contribution in [0, 0.1) is 13.8 Å². The summed E-state index contributed by atoms with van der Waals surface area (Å²) >= 11 is 1.15. The van der Waals surface area contributed by atoms with E-state index in [0.717, 1.165) is 28.6 Å². The molecule has 1 atom stereocenters. The molecule has 1 amide bonds. The van der Waals surface area contributed by atoms with E-state index in [4.69, 9.17) is 5.73 Å². The molecule has 2 rings (SSSR count). The van der Waals surface area contributed by atoms with Gasteiger partial charge in [0, 0.05) is 11.8 Å². The summed E-state index contributed by atoms with van der Waals surface area (Å²) in [7, 11) is 0. The van der Waals surface area contributed by atoms with Crippen molar-refractivity contribution in [2.24, 2.45) is 0 Å². The highest BCUT2D eigenvalue weighted by Crippen LogP contribution is 2.22. The van der Waals surface area contributed by atoms with Gasteiger partial charge in [-0.2, -0.15) is 0 Å². The first-order chi connectivity index (χ1) is 10.3. The van der Waals surface area contributed by atoms with E-state index in [1.807, 2.05) is 32.0 Å². The number of thioether (sulfide) groups is 1. The van der Waals surface area contributed by atoms with Crippen LogP contribution in [0.25, 0.3) is 0 Å². The number of nitrogens with two attached hydrogens (primary N) is 1. The number of carbonyl (C=O) groups excluding carboxylic acids is 1. The van der Waals surface area contributed by atoms with Crippen molar-refractivity contribution in [2.75, 3.05) is 11.1 Å². The van der Waals surface area contributed by atoms with Crippen LogP contribution in [-0.4, -0.2) is 21.1 Å². The number of aromatic nitrogens is 2. The molecule has 7 heteroatoms. The third kappa shape index (κ3) is 4.11.